The van der Waals surface area contributed by atoms with Crippen LogP contribution in [0.2, 0.25) is 0 Å². The van der Waals surface area contributed by atoms with E-state index >= 15 is 0 Å². The van der Waals surface area contributed by atoms with Crippen molar-refractivity contribution in [3.63, 3.8) is 0 Å². The van der Waals surface area contributed by atoms with Gasteiger partial charge < -0.3 is 19.8 Å². The quantitative estimate of drug-likeness (QED) is 0.585. The number of aliphatic carboxylic acids is 1. The van der Waals surface area contributed by atoms with Gasteiger partial charge in [0.1, 0.15) is 11.4 Å². The van der Waals surface area contributed by atoms with Crippen LogP contribution in [0.5, 0.6) is 0 Å². The first-order valence-corrected chi connectivity index (χ1v) is 9.09. The van der Waals surface area contributed by atoms with E-state index in [0.29, 0.717) is 17.1 Å². The highest BCUT2D eigenvalue weighted by molar-refractivity contribution is 6.22. The molecule has 5 rings (SSSR count). The van der Waals surface area contributed by atoms with Gasteiger partial charge in [0.05, 0.1) is 11.6 Å². The van der Waals surface area contributed by atoms with E-state index in [9.17, 15) is 14.4 Å². The van der Waals surface area contributed by atoms with Crippen molar-refractivity contribution in [1.82, 2.24) is 14.7 Å². The fraction of sp³-hybridized carbons (Fsp3) is 0.611. The lowest BCUT2D eigenvalue weighted by Gasteiger charge is -2.21. The number of nitrogens with zero attached hydrogens (tertiary/aromatic N) is 3. The molecule has 0 aromatic heterocycles. The average molecular weight is 345 g/mol. The fourth-order valence-electron chi connectivity index (χ4n) is 3.45. The first kappa shape index (κ1) is 16.2. The average Bonchev–Trinajstić information content (AvgIpc) is 3.41. The summed E-state index contributed by atoms with van der Waals surface area (Å²) in [5.74, 6) is -0.579. The van der Waals surface area contributed by atoms with E-state index in [-0.39, 0.29) is 17.5 Å². The van der Waals surface area contributed by atoms with E-state index in [1.807, 2.05) is 14.7 Å². The summed E-state index contributed by atoms with van der Waals surface area (Å²) < 4.78 is 0. The van der Waals surface area contributed by atoms with Crippen LogP contribution in [-0.2, 0) is 14.4 Å². The minimum Gasteiger partial charge on any atom is -0.481 e. The number of Topliss-reactive ketones (excluding diaryl/α,β-unsaturated/α-hetero) is 1. The standard InChI is InChI=1S/C12H13N3O2.C6H10O2/c16-9-7-8(13-1-2-13)12(17)11(15-5-6-15)10(9)14-3-4-14;7-6(8)5-3-1-2-4-5/h7H,1-6H2;5H,1-4H2,(H,7,8). The summed E-state index contributed by atoms with van der Waals surface area (Å²) in [7, 11) is 0. The van der Waals surface area contributed by atoms with Gasteiger partial charge in [0.25, 0.3) is 0 Å². The largest absolute Gasteiger partial charge is 0.481 e. The van der Waals surface area contributed by atoms with Crippen molar-refractivity contribution < 1.29 is 19.5 Å². The van der Waals surface area contributed by atoms with E-state index < -0.39 is 5.97 Å². The van der Waals surface area contributed by atoms with Crippen LogP contribution >= 0.6 is 0 Å². The van der Waals surface area contributed by atoms with Crippen LogP contribution in [0.15, 0.2) is 23.2 Å². The smallest absolute Gasteiger partial charge is 0.306 e. The summed E-state index contributed by atoms with van der Waals surface area (Å²) in [4.78, 5) is 40.7. The van der Waals surface area contributed by atoms with E-state index in [1.54, 1.807) is 0 Å². The van der Waals surface area contributed by atoms with Crippen LogP contribution in [0, 0.1) is 5.92 Å². The number of carbonyl (C=O) groups excluding carboxylic acids is 2. The molecular formula is C18H23N3O4. The Bertz CT molecular complexity index is 678. The molecule has 25 heavy (non-hydrogen) atoms. The van der Waals surface area contributed by atoms with Crippen molar-refractivity contribution in [3.8, 4) is 0 Å². The van der Waals surface area contributed by atoms with Gasteiger partial charge in [-0.1, -0.05) is 12.8 Å². The molecule has 0 unspecified atom stereocenters. The van der Waals surface area contributed by atoms with Gasteiger partial charge in [-0.15, -0.1) is 0 Å². The van der Waals surface area contributed by atoms with Gasteiger partial charge in [0.15, 0.2) is 0 Å². The van der Waals surface area contributed by atoms with Crippen molar-refractivity contribution >= 4 is 17.5 Å². The molecule has 0 atom stereocenters. The molecular weight excluding hydrogens is 322 g/mol. The van der Waals surface area contributed by atoms with Gasteiger partial charge in [-0.05, 0) is 12.8 Å². The summed E-state index contributed by atoms with van der Waals surface area (Å²) >= 11 is 0. The zero-order valence-electron chi connectivity index (χ0n) is 14.2. The molecule has 3 aliphatic heterocycles. The normalized spacial score (nSPS) is 25.0. The second-order valence-corrected chi connectivity index (χ2v) is 7.20. The lowest BCUT2D eigenvalue weighted by Crippen LogP contribution is -2.29. The molecule has 0 aromatic carbocycles. The minimum atomic E-state index is -0.609. The molecule has 3 saturated heterocycles. The van der Waals surface area contributed by atoms with Crippen molar-refractivity contribution in [3.05, 3.63) is 23.2 Å². The third-order valence-corrected chi connectivity index (χ3v) is 5.19. The molecule has 0 bridgehead atoms. The zero-order valence-corrected chi connectivity index (χ0v) is 14.2. The van der Waals surface area contributed by atoms with Gasteiger partial charge in [0, 0.05) is 45.3 Å². The Kier molecular flexibility index (Phi) is 4.01. The number of carboxylic acid groups (broad SMARTS) is 1. The summed E-state index contributed by atoms with van der Waals surface area (Å²) in [5.41, 5.74) is 1.89. The zero-order chi connectivity index (χ0) is 17.6. The third-order valence-electron chi connectivity index (χ3n) is 5.19. The van der Waals surface area contributed by atoms with Gasteiger partial charge in [-0.3, -0.25) is 14.4 Å². The van der Waals surface area contributed by atoms with Gasteiger partial charge in [0.2, 0.25) is 11.6 Å². The molecule has 1 N–H and O–H groups in total. The van der Waals surface area contributed by atoms with Crippen molar-refractivity contribution in [2.45, 2.75) is 25.7 Å². The van der Waals surface area contributed by atoms with Gasteiger partial charge in [-0.2, -0.15) is 0 Å². The van der Waals surface area contributed by atoms with Crippen molar-refractivity contribution in [2.75, 3.05) is 39.3 Å². The molecule has 0 amide bonds. The molecule has 3 heterocycles. The van der Waals surface area contributed by atoms with Crippen LogP contribution in [0.1, 0.15) is 25.7 Å². The highest BCUT2D eigenvalue weighted by atomic mass is 16.4. The number of ketones is 2. The Balaban J connectivity index is 0.000000166. The number of hydrogen-bond donors (Lipinski definition) is 1. The summed E-state index contributed by atoms with van der Waals surface area (Å²) in [6.07, 6.45) is 5.54. The first-order valence-electron chi connectivity index (χ1n) is 9.09. The maximum Gasteiger partial charge on any atom is 0.306 e. The maximum absolute atomic E-state index is 12.4. The molecule has 1 saturated carbocycles. The summed E-state index contributed by atoms with van der Waals surface area (Å²) in [6, 6.07) is 0. The lowest BCUT2D eigenvalue weighted by atomic mass is 10.0. The summed E-state index contributed by atoms with van der Waals surface area (Å²) in [6.45, 7) is 5.41. The number of hydrogen-bond acceptors (Lipinski definition) is 6. The minimum absolute atomic E-state index is 0.00546. The molecule has 7 heteroatoms. The Morgan fingerprint density at radius 3 is 1.84 bits per heavy atom. The van der Waals surface area contributed by atoms with E-state index in [4.69, 9.17) is 5.11 Å². The first-order chi connectivity index (χ1) is 12.1. The second kappa shape index (κ2) is 6.20. The molecule has 7 nitrogen and oxygen atoms in total. The molecule has 134 valence electrons. The lowest BCUT2D eigenvalue weighted by molar-refractivity contribution is -0.141. The van der Waals surface area contributed by atoms with Crippen LogP contribution in [0.3, 0.4) is 0 Å². The third kappa shape index (κ3) is 3.41. The Labute approximate surface area is 146 Å². The SMILES string of the molecule is O=C(O)C1CCCC1.O=C1C=C(N2CC2)C(=O)C(N2CC2)=C1N1CC1. The van der Waals surface area contributed by atoms with Crippen molar-refractivity contribution in [1.29, 1.82) is 0 Å². The second-order valence-electron chi connectivity index (χ2n) is 7.20. The number of allylic oxidation sites excluding steroid dienone is 1. The molecule has 0 aromatic rings. The highest BCUT2D eigenvalue weighted by Crippen LogP contribution is 2.33. The topological polar surface area (TPSA) is 80.5 Å². The van der Waals surface area contributed by atoms with E-state index in [1.165, 1.54) is 6.08 Å². The summed E-state index contributed by atoms with van der Waals surface area (Å²) in [5, 5.41) is 8.41. The number of carboxylic acids is 1. The molecule has 2 aliphatic carbocycles. The molecule has 0 spiro atoms. The van der Waals surface area contributed by atoms with Crippen LogP contribution in [0.25, 0.3) is 0 Å². The molecule has 4 fully saturated rings. The monoisotopic (exact) mass is 345 g/mol. The van der Waals surface area contributed by atoms with Gasteiger partial charge in [-0.25, -0.2) is 0 Å². The predicted octanol–water partition coefficient (Wildman–Crippen LogP) is 0.442. The van der Waals surface area contributed by atoms with Gasteiger partial charge >= 0.3 is 5.97 Å². The Morgan fingerprint density at radius 1 is 0.880 bits per heavy atom. The number of carbonyl (C=O) groups is 3. The highest BCUT2D eigenvalue weighted by Gasteiger charge is 2.43. The van der Waals surface area contributed by atoms with Crippen LogP contribution in [-0.4, -0.2) is 76.6 Å². The van der Waals surface area contributed by atoms with Crippen LogP contribution < -0.4 is 0 Å². The maximum atomic E-state index is 12.4. The molecule has 0 radical (unpaired) electrons. The Hall–Kier alpha value is -2.31. The predicted molar refractivity (Wildman–Crippen MR) is 89.4 cm³/mol. The van der Waals surface area contributed by atoms with Crippen LogP contribution in [0.4, 0.5) is 0 Å². The number of rotatable bonds is 4. The van der Waals surface area contributed by atoms with E-state index in [0.717, 1.165) is 65.0 Å². The Morgan fingerprint density at radius 2 is 1.40 bits per heavy atom. The van der Waals surface area contributed by atoms with Crippen molar-refractivity contribution in [2.24, 2.45) is 5.92 Å². The molecule has 5 aliphatic rings. The van der Waals surface area contributed by atoms with E-state index in [2.05, 4.69) is 0 Å². The fourth-order valence-corrected chi connectivity index (χ4v) is 3.45.